The molecule has 0 saturated carbocycles. The molecule has 2 heterocycles. The van der Waals surface area contributed by atoms with Crippen molar-refractivity contribution < 1.29 is 19.4 Å². The monoisotopic (exact) mass is 362 g/mol. The number of carbonyl (C=O) groups excluding carboxylic acids is 1. The number of hydrogen-bond acceptors (Lipinski definition) is 4. The molecule has 0 atom stereocenters. The van der Waals surface area contributed by atoms with Crippen molar-refractivity contribution in [2.75, 3.05) is 32.8 Å². The first-order valence-corrected chi connectivity index (χ1v) is 8.97. The maximum Gasteiger partial charge on any atom is 0.303 e. The normalized spacial score (nSPS) is 19.8. The van der Waals surface area contributed by atoms with E-state index in [1.54, 1.807) is 0 Å². The number of carboxylic acids is 1. The zero-order valence-electron chi connectivity index (χ0n) is 14.4. The zero-order chi connectivity index (χ0) is 16.5. The summed E-state index contributed by atoms with van der Waals surface area (Å²) in [7, 11) is 0. The summed E-state index contributed by atoms with van der Waals surface area (Å²) in [5, 5.41) is 12.0. The first-order valence-electron chi connectivity index (χ1n) is 8.97. The van der Waals surface area contributed by atoms with Crippen LogP contribution in [0.1, 0.15) is 51.4 Å². The highest BCUT2D eigenvalue weighted by molar-refractivity contribution is 5.85. The molecule has 1 amide bonds. The minimum absolute atomic E-state index is 0. The third kappa shape index (κ3) is 7.81. The van der Waals surface area contributed by atoms with Crippen LogP contribution in [0.5, 0.6) is 0 Å². The maximum atomic E-state index is 12.1. The molecule has 2 fully saturated rings. The quantitative estimate of drug-likeness (QED) is 0.646. The summed E-state index contributed by atoms with van der Waals surface area (Å²) in [4.78, 5) is 24.4. The number of likely N-dealkylation sites (tertiary alicyclic amines) is 1. The third-order valence-corrected chi connectivity index (χ3v) is 4.85. The molecule has 0 spiro atoms. The number of aliphatic carboxylic acids is 1. The van der Waals surface area contributed by atoms with Crippen molar-refractivity contribution in [3.05, 3.63) is 0 Å². The van der Waals surface area contributed by atoms with Gasteiger partial charge in [0.25, 0.3) is 0 Å². The van der Waals surface area contributed by atoms with Crippen molar-refractivity contribution in [1.29, 1.82) is 0 Å². The number of ether oxygens (including phenoxy) is 1. The van der Waals surface area contributed by atoms with Crippen LogP contribution in [0.25, 0.3) is 0 Å². The number of nitrogens with zero attached hydrogens (tertiary/aromatic N) is 1. The van der Waals surface area contributed by atoms with Crippen LogP contribution >= 0.6 is 12.4 Å². The van der Waals surface area contributed by atoms with Crippen molar-refractivity contribution in [3.63, 3.8) is 0 Å². The van der Waals surface area contributed by atoms with E-state index in [0.29, 0.717) is 31.3 Å². The molecule has 140 valence electrons. The van der Waals surface area contributed by atoms with Crippen LogP contribution in [0.3, 0.4) is 0 Å². The first kappa shape index (κ1) is 21.2. The predicted molar refractivity (Wildman–Crippen MR) is 94.5 cm³/mol. The van der Waals surface area contributed by atoms with Gasteiger partial charge in [0, 0.05) is 32.5 Å². The number of amides is 1. The van der Waals surface area contributed by atoms with E-state index in [1.807, 2.05) is 4.90 Å². The molecule has 0 aromatic heterocycles. The molecule has 2 aliphatic rings. The predicted octanol–water partition coefficient (Wildman–Crippen LogP) is 2.06. The maximum absolute atomic E-state index is 12.1. The van der Waals surface area contributed by atoms with Gasteiger partial charge in [0.2, 0.25) is 5.91 Å². The minimum atomic E-state index is -0.788. The number of piperidine rings is 2. The number of hydrogen-bond donors (Lipinski definition) is 2. The molecule has 2 N–H and O–H groups in total. The minimum Gasteiger partial charge on any atom is -0.481 e. The first-order chi connectivity index (χ1) is 11.1. The topological polar surface area (TPSA) is 78.9 Å². The van der Waals surface area contributed by atoms with Crippen LogP contribution in [0.4, 0.5) is 0 Å². The van der Waals surface area contributed by atoms with Crippen molar-refractivity contribution in [3.8, 4) is 0 Å². The Balaban J connectivity index is 0.00000288. The highest BCUT2D eigenvalue weighted by atomic mass is 35.5. The molecule has 7 heteroatoms. The van der Waals surface area contributed by atoms with Crippen LogP contribution in [0.2, 0.25) is 0 Å². The van der Waals surface area contributed by atoms with Crippen LogP contribution in [-0.4, -0.2) is 60.8 Å². The van der Waals surface area contributed by atoms with E-state index < -0.39 is 5.97 Å². The number of nitrogens with one attached hydrogen (secondary N) is 1. The number of carbonyl (C=O) groups is 2. The molecule has 0 aromatic carbocycles. The number of unbranched alkanes of at least 4 members (excludes halogenated alkanes) is 1. The highest BCUT2D eigenvalue weighted by Gasteiger charge is 2.24. The van der Waals surface area contributed by atoms with E-state index in [0.717, 1.165) is 45.6 Å². The van der Waals surface area contributed by atoms with Gasteiger partial charge in [0.15, 0.2) is 0 Å². The second-order valence-corrected chi connectivity index (χ2v) is 6.71. The molecular formula is C17H31ClN2O4. The van der Waals surface area contributed by atoms with Gasteiger partial charge in [-0.15, -0.1) is 12.4 Å². The molecule has 0 aromatic rings. The highest BCUT2D eigenvalue weighted by Crippen LogP contribution is 2.19. The van der Waals surface area contributed by atoms with Crippen LogP contribution < -0.4 is 5.32 Å². The fourth-order valence-electron chi connectivity index (χ4n) is 3.30. The standard InChI is InChI=1S/C17H30N2O4.ClH/c20-16(3-1-2-4-17(21)22)19-11-7-15(8-12-19)23-13-14-5-9-18-10-6-14;/h14-15,18H,1-13H2,(H,21,22);1H. The summed E-state index contributed by atoms with van der Waals surface area (Å²) in [5.74, 6) is 0.0569. The molecule has 0 bridgehead atoms. The van der Waals surface area contributed by atoms with Crippen LogP contribution in [-0.2, 0) is 14.3 Å². The number of halogens is 1. The van der Waals surface area contributed by atoms with E-state index in [2.05, 4.69) is 5.32 Å². The fraction of sp³-hybridized carbons (Fsp3) is 0.882. The SMILES string of the molecule is Cl.O=C(O)CCCCC(=O)N1CCC(OCC2CCNCC2)CC1. The summed E-state index contributed by atoms with van der Waals surface area (Å²) in [6.07, 6.45) is 6.40. The van der Waals surface area contributed by atoms with Gasteiger partial charge in [-0.05, 0) is 57.5 Å². The Hall–Kier alpha value is -0.850. The second-order valence-electron chi connectivity index (χ2n) is 6.71. The largest absolute Gasteiger partial charge is 0.481 e. The van der Waals surface area contributed by atoms with Gasteiger partial charge in [-0.1, -0.05) is 0 Å². The molecule has 2 rings (SSSR count). The van der Waals surface area contributed by atoms with Gasteiger partial charge < -0.3 is 20.1 Å². The lowest BCUT2D eigenvalue weighted by molar-refractivity contribution is -0.138. The van der Waals surface area contributed by atoms with Gasteiger partial charge in [-0.25, -0.2) is 0 Å². The molecule has 2 saturated heterocycles. The average molecular weight is 363 g/mol. The molecule has 0 unspecified atom stereocenters. The molecule has 0 aliphatic carbocycles. The average Bonchev–Trinajstić information content (AvgIpc) is 2.58. The summed E-state index contributed by atoms with van der Waals surface area (Å²) in [6.45, 7) is 4.60. The van der Waals surface area contributed by atoms with Gasteiger partial charge in [-0.3, -0.25) is 9.59 Å². The third-order valence-electron chi connectivity index (χ3n) is 4.85. The van der Waals surface area contributed by atoms with E-state index in [-0.39, 0.29) is 24.7 Å². The van der Waals surface area contributed by atoms with Crippen molar-refractivity contribution in [2.45, 2.75) is 57.5 Å². The second kappa shape index (κ2) is 11.7. The Morgan fingerprint density at radius 3 is 2.29 bits per heavy atom. The Labute approximate surface area is 150 Å². The van der Waals surface area contributed by atoms with Crippen molar-refractivity contribution >= 4 is 24.3 Å². The van der Waals surface area contributed by atoms with Crippen molar-refractivity contribution in [1.82, 2.24) is 10.2 Å². The van der Waals surface area contributed by atoms with E-state index in [9.17, 15) is 9.59 Å². The smallest absolute Gasteiger partial charge is 0.303 e. The van der Waals surface area contributed by atoms with Crippen LogP contribution in [0.15, 0.2) is 0 Å². The number of rotatable bonds is 8. The molecular weight excluding hydrogens is 332 g/mol. The molecule has 0 radical (unpaired) electrons. The van der Waals surface area contributed by atoms with Gasteiger partial charge in [0.05, 0.1) is 6.10 Å². The van der Waals surface area contributed by atoms with Gasteiger partial charge >= 0.3 is 5.97 Å². The molecule has 24 heavy (non-hydrogen) atoms. The Bertz CT molecular complexity index is 381. The lowest BCUT2D eigenvalue weighted by Gasteiger charge is -2.33. The summed E-state index contributed by atoms with van der Waals surface area (Å²) >= 11 is 0. The summed E-state index contributed by atoms with van der Waals surface area (Å²) < 4.78 is 6.04. The Morgan fingerprint density at radius 2 is 1.67 bits per heavy atom. The summed E-state index contributed by atoms with van der Waals surface area (Å²) in [5.41, 5.74) is 0. The molecule has 6 nitrogen and oxygen atoms in total. The van der Waals surface area contributed by atoms with Crippen molar-refractivity contribution in [2.24, 2.45) is 5.92 Å². The fourth-order valence-corrected chi connectivity index (χ4v) is 3.30. The van der Waals surface area contributed by atoms with Crippen LogP contribution in [0, 0.1) is 5.92 Å². The Kier molecular flexibility index (Phi) is 10.3. The van der Waals surface area contributed by atoms with E-state index in [1.165, 1.54) is 12.8 Å². The lowest BCUT2D eigenvalue weighted by Crippen LogP contribution is -2.41. The molecule has 2 aliphatic heterocycles. The van der Waals surface area contributed by atoms with E-state index >= 15 is 0 Å². The van der Waals surface area contributed by atoms with E-state index in [4.69, 9.17) is 9.84 Å². The van der Waals surface area contributed by atoms with Gasteiger partial charge in [-0.2, -0.15) is 0 Å². The Morgan fingerprint density at radius 1 is 1.04 bits per heavy atom. The number of carboxylic acid groups (broad SMARTS) is 1. The summed E-state index contributed by atoms with van der Waals surface area (Å²) in [6, 6.07) is 0. The van der Waals surface area contributed by atoms with Gasteiger partial charge in [0.1, 0.15) is 0 Å². The zero-order valence-corrected chi connectivity index (χ0v) is 15.2. The lowest BCUT2D eigenvalue weighted by atomic mass is 9.99.